The van der Waals surface area contributed by atoms with Crippen LogP contribution in [0.4, 0.5) is 4.39 Å². The van der Waals surface area contributed by atoms with E-state index in [1.165, 1.54) is 31.3 Å². The Balaban J connectivity index is 2.11. The first-order valence-electron chi connectivity index (χ1n) is 6.50. The summed E-state index contributed by atoms with van der Waals surface area (Å²) in [6, 6.07) is 11.8. The monoisotopic (exact) mass is 287 g/mol. The number of aliphatic hydroxyl groups is 2. The van der Waals surface area contributed by atoms with Crippen LogP contribution in [0.1, 0.15) is 27.6 Å². The van der Waals surface area contributed by atoms with Gasteiger partial charge in [0.25, 0.3) is 5.91 Å². The van der Waals surface area contributed by atoms with E-state index in [-0.39, 0.29) is 5.91 Å². The van der Waals surface area contributed by atoms with Gasteiger partial charge in [-0.2, -0.15) is 0 Å². The Hall–Kier alpha value is -2.24. The lowest BCUT2D eigenvalue weighted by atomic mass is 9.91. The number of hydrogen-bond acceptors (Lipinski definition) is 3. The summed E-state index contributed by atoms with van der Waals surface area (Å²) in [5.74, 6) is -0.802. The second-order valence-electron chi connectivity index (χ2n) is 5.09. The quantitative estimate of drug-likeness (QED) is 0.885. The van der Waals surface area contributed by atoms with Gasteiger partial charge in [-0.15, -0.1) is 0 Å². The molecule has 4 nitrogen and oxygen atoms in total. The van der Waals surface area contributed by atoms with Crippen molar-refractivity contribution in [3.8, 4) is 0 Å². The van der Waals surface area contributed by atoms with Crippen molar-refractivity contribution in [2.24, 2.45) is 0 Å². The highest BCUT2D eigenvalue weighted by molar-refractivity contribution is 5.99. The molecule has 0 fully saturated rings. The molecular formula is C16H14FNO3. The fraction of sp³-hybridized carbons (Fsp3) is 0.188. The first-order valence-corrected chi connectivity index (χ1v) is 6.50. The van der Waals surface area contributed by atoms with Gasteiger partial charge >= 0.3 is 0 Å². The maximum Gasteiger partial charge on any atom is 0.256 e. The summed E-state index contributed by atoms with van der Waals surface area (Å²) < 4.78 is 13.0. The molecule has 0 spiro atoms. The van der Waals surface area contributed by atoms with Crippen molar-refractivity contribution in [3.05, 3.63) is 71.0 Å². The zero-order valence-corrected chi connectivity index (χ0v) is 11.3. The molecule has 3 rings (SSSR count). The SMILES string of the molecule is CN1C(=O)c2ccccc2[C@]1(O)[C@@H](O)c1ccc(F)cc1. The van der Waals surface area contributed by atoms with Gasteiger partial charge < -0.3 is 15.1 Å². The zero-order chi connectivity index (χ0) is 15.2. The molecule has 0 aromatic heterocycles. The summed E-state index contributed by atoms with van der Waals surface area (Å²) in [5, 5.41) is 21.5. The standard InChI is InChI=1S/C16H14FNO3/c1-18-15(20)12-4-2-3-5-13(12)16(18,21)14(19)10-6-8-11(17)9-7-10/h2-9,14,19,21H,1H3/t14-,16-/m0/s1. The third kappa shape index (κ3) is 1.86. The van der Waals surface area contributed by atoms with Crippen molar-refractivity contribution in [1.29, 1.82) is 0 Å². The fourth-order valence-corrected chi connectivity index (χ4v) is 2.71. The molecule has 0 saturated heterocycles. The van der Waals surface area contributed by atoms with E-state index in [2.05, 4.69) is 0 Å². The lowest BCUT2D eigenvalue weighted by Gasteiger charge is -2.36. The number of carbonyl (C=O) groups excluding carboxylic acids is 1. The molecule has 2 N–H and O–H groups in total. The van der Waals surface area contributed by atoms with Crippen LogP contribution in [-0.4, -0.2) is 28.1 Å². The van der Waals surface area contributed by atoms with Gasteiger partial charge in [-0.3, -0.25) is 4.79 Å². The Morgan fingerprint density at radius 3 is 2.43 bits per heavy atom. The molecule has 5 heteroatoms. The van der Waals surface area contributed by atoms with Crippen molar-refractivity contribution in [2.45, 2.75) is 11.8 Å². The number of likely N-dealkylation sites (N-methyl/N-ethyl adjacent to an activating group) is 1. The lowest BCUT2D eigenvalue weighted by molar-refractivity contribution is -0.156. The second-order valence-corrected chi connectivity index (χ2v) is 5.09. The Bertz CT molecular complexity index is 701. The van der Waals surface area contributed by atoms with Crippen LogP contribution in [0.2, 0.25) is 0 Å². The van der Waals surface area contributed by atoms with E-state index in [4.69, 9.17) is 0 Å². The molecule has 0 saturated carbocycles. The molecule has 0 aliphatic carbocycles. The van der Waals surface area contributed by atoms with Crippen molar-refractivity contribution in [3.63, 3.8) is 0 Å². The van der Waals surface area contributed by atoms with E-state index in [1.807, 2.05) is 0 Å². The smallest absolute Gasteiger partial charge is 0.256 e. The number of carbonyl (C=O) groups is 1. The first-order chi connectivity index (χ1) is 9.96. The Morgan fingerprint density at radius 2 is 1.76 bits per heavy atom. The molecule has 0 unspecified atom stereocenters. The van der Waals surface area contributed by atoms with Crippen molar-refractivity contribution < 1.29 is 19.4 Å². The van der Waals surface area contributed by atoms with Crippen molar-refractivity contribution in [1.82, 2.24) is 4.90 Å². The van der Waals surface area contributed by atoms with E-state index in [0.717, 1.165) is 4.90 Å². The van der Waals surface area contributed by atoms with Gasteiger partial charge in [0.2, 0.25) is 0 Å². The van der Waals surface area contributed by atoms with E-state index in [1.54, 1.807) is 24.3 Å². The number of fused-ring (bicyclic) bond motifs is 1. The van der Waals surface area contributed by atoms with Crippen LogP contribution in [0.15, 0.2) is 48.5 Å². The molecule has 1 amide bonds. The number of benzene rings is 2. The maximum atomic E-state index is 13.0. The minimum absolute atomic E-state index is 0.329. The molecule has 21 heavy (non-hydrogen) atoms. The molecule has 2 aromatic rings. The van der Waals surface area contributed by atoms with Crippen LogP contribution in [0, 0.1) is 5.82 Å². The summed E-state index contributed by atoms with van der Waals surface area (Å²) in [4.78, 5) is 13.3. The highest BCUT2D eigenvalue weighted by atomic mass is 19.1. The summed E-state index contributed by atoms with van der Waals surface area (Å²) in [6.45, 7) is 0. The van der Waals surface area contributed by atoms with Gasteiger partial charge in [-0.1, -0.05) is 30.3 Å². The van der Waals surface area contributed by atoms with E-state index >= 15 is 0 Å². The molecular weight excluding hydrogens is 273 g/mol. The summed E-state index contributed by atoms with van der Waals surface area (Å²) in [6.07, 6.45) is -1.38. The lowest BCUT2D eigenvalue weighted by Crippen LogP contribution is -2.45. The molecule has 0 bridgehead atoms. The molecule has 2 aromatic carbocycles. The third-order valence-electron chi connectivity index (χ3n) is 3.94. The van der Waals surface area contributed by atoms with E-state index < -0.39 is 17.6 Å². The second kappa shape index (κ2) is 4.65. The average Bonchev–Trinajstić information content (AvgIpc) is 2.71. The normalized spacial score (nSPS) is 22.3. The van der Waals surface area contributed by atoms with E-state index in [9.17, 15) is 19.4 Å². The zero-order valence-electron chi connectivity index (χ0n) is 11.3. The summed E-state index contributed by atoms with van der Waals surface area (Å²) in [5.41, 5.74) is -0.848. The van der Waals surface area contributed by atoms with Gasteiger partial charge in [0, 0.05) is 18.2 Å². The van der Waals surface area contributed by atoms with Crippen LogP contribution < -0.4 is 0 Å². The highest BCUT2D eigenvalue weighted by Crippen LogP contribution is 2.44. The minimum Gasteiger partial charge on any atom is -0.383 e. The predicted octanol–water partition coefficient (Wildman–Crippen LogP) is 1.79. The Kier molecular flexibility index (Phi) is 3.04. The van der Waals surface area contributed by atoms with Gasteiger partial charge in [-0.05, 0) is 23.8 Å². The van der Waals surface area contributed by atoms with Crippen LogP contribution >= 0.6 is 0 Å². The summed E-state index contributed by atoms with van der Waals surface area (Å²) >= 11 is 0. The molecule has 1 heterocycles. The average molecular weight is 287 g/mol. The number of rotatable bonds is 2. The molecule has 1 aliphatic heterocycles. The number of nitrogens with zero attached hydrogens (tertiary/aromatic N) is 1. The molecule has 108 valence electrons. The first kappa shape index (κ1) is 13.7. The topological polar surface area (TPSA) is 60.8 Å². The highest BCUT2D eigenvalue weighted by Gasteiger charge is 2.51. The van der Waals surface area contributed by atoms with Gasteiger partial charge in [0.05, 0.1) is 0 Å². The largest absolute Gasteiger partial charge is 0.383 e. The molecule has 1 aliphatic rings. The van der Waals surface area contributed by atoms with Crippen molar-refractivity contribution in [2.75, 3.05) is 7.05 Å². The number of halogens is 1. The Labute approximate surface area is 121 Å². The third-order valence-corrected chi connectivity index (χ3v) is 3.94. The van der Waals surface area contributed by atoms with Crippen molar-refractivity contribution >= 4 is 5.91 Å². The predicted molar refractivity (Wildman–Crippen MR) is 73.8 cm³/mol. The van der Waals surface area contributed by atoms with Gasteiger partial charge in [0.1, 0.15) is 11.9 Å². The minimum atomic E-state index is -1.87. The molecule has 0 radical (unpaired) electrons. The van der Waals surface area contributed by atoms with Crippen LogP contribution in [-0.2, 0) is 5.72 Å². The van der Waals surface area contributed by atoms with E-state index in [0.29, 0.717) is 16.7 Å². The molecule has 2 atom stereocenters. The Morgan fingerprint density at radius 1 is 1.14 bits per heavy atom. The summed E-state index contributed by atoms with van der Waals surface area (Å²) in [7, 11) is 1.43. The van der Waals surface area contributed by atoms with Gasteiger partial charge in [0.15, 0.2) is 5.72 Å². The van der Waals surface area contributed by atoms with Crippen LogP contribution in [0.25, 0.3) is 0 Å². The van der Waals surface area contributed by atoms with Crippen LogP contribution in [0.3, 0.4) is 0 Å². The number of aliphatic hydroxyl groups excluding tert-OH is 1. The van der Waals surface area contributed by atoms with Gasteiger partial charge in [-0.25, -0.2) is 4.39 Å². The number of amides is 1. The fourth-order valence-electron chi connectivity index (χ4n) is 2.71. The maximum absolute atomic E-state index is 13.0. The van der Waals surface area contributed by atoms with Crippen LogP contribution in [0.5, 0.6) is 0 Å². The number of hydrogen-bond donors (Lipinski definition) is 2.